The van der Waals surface area contributed by atoms with Gasteiger partial charge in [0, 0.05) is 18.8 Å². The Bertz CT molecular complexity index is 643. The van der Waals surface area contributed by atoms with Crippen molar-refractivity contribution < 1.29 is 9.53 Å². The minimum atomic E-state index is -0.0312. The number of nitrogens with one attached hydrogen (secondary N) is 1. The van der Waals surface area contributed by atoms with Crippen molar-refractivity contribution in [3.8, 4) is 5.75 Å². The summed E-state index contributed by atoms with van der Waals surface area (Å²) in [7, 11) is 0. The largest absolute Gasteiger partial charge is 0.493 e. The molecule has 1 aromatic heterocycles. The van der Waals surface area contributed by atoms with Gasteiger partial charge >= 0.3 is 0 Å². The van der Waals surface area contributed by atoms with E-state index in [1.54, 1.807) is 12.4 Å². The van der Waals surface area contributed by atoms with Crippen LogP contribution in [0.4, 0.5) is 0 Å². The fraction of sp³-hybridized carbons (Fsp3) is 0.333. The van der Waals surface area contributed by atoms with Crippen molar-refractivity contribution >= 4 is 5.91 Å². The van der Waals surface area contributed by atoms with Gasteiger partial charge in [0.05, 0.1) is 12.6 Å². The molecule has 0 radical (unpaired) electrons. The van der Waals surface area contributed by atoms with E-state index in [9.17, 15) is 4.79 Å². The molecular formula is C18H20N2O2. The van der Waals surface area contributed by atoms with Gasteiger partial charge in [-0.15, -0.1) is 0 Å². The predicted octanol–water partition coefficient (Wildman–Crippen LogP) is 3.22. The second-order valence-corrected chi connectivity index (χ2v) is 5.65. The number of hydrogen-bond donors (Lipinski definition) is 1. The standard InChI is InChI=1S/C18H20N2O2/c1-13(15-5-4-9-19-12-15)20-18(21)11-14-8-10-22-17-7-3-2-6-16(14)17/h2-7,9,12-14H,8,10-11H2,1H3,(H,20,21)/t13-,14+/m0/s1. The Morgan fingerprint density at radius 3 is 3.05 bits per heavy atom. The number of hydrogen-bond acceptors (Lipinski definition) is 3. The van der Waals surface area contributed by atoms with E-state index < -0.39 is 0 Å². The van der Waals surface area contributed by atoms with Gasteiger partial charge in [0.25, 0.3) is 0 Å². The Morgan fingerprint density at radius 1 is 1.36 bits per heavy atom. The second-order valence-electron chi connectivity index (χ2n) is 5.65. The third-order valence-electron chi connectivity index (χ3n) is 4.08. The lowest BCUT2D eigenvalue weighted by Gasteiger charge is -2.26. The van der Waals surface area contributed by atoms with Gasteiger partial charge in [-0.05, 0) is 42.5 Å². The summed E-state index contributed by atoms with van der Waals surface area (Å²) in [5, 5.41) is 3.05. The topological polar surface area (TPSA) is 51.2 Å². The number of carbonyl (C=O) groups excluding carboxylic acids is 1. The number of fused-ring (bicyclic) bond motifs is 1. The molecule has 1 N–H and O–H groups in total. The Kier molecular flexibility index (Phi) is 4.37. The fourth-order valence-electron chi connectivity index (χ4n) is 2.87. The zero-order chi connectivity index (χ0) is 15.4. The molecule has 2 atom stereocenters. The normalized spacial score (nSPS) is 18.0. The van der Waals surface area contributed by atoms with E-state index in [0.717, 1.165) is 23.3 Å². The first kappa shape index (κ1) is 14.6. The van der Waals surface area contributed by atoms with Crippen LogP contribution in [0.3, 0.4) is 0 Å². The van der Waals surface area contributed by atoms with E-state index in [0.29, 0.717) is 13.0 Å². The first-order valence-electron chi connectivity index (χ1n) is 7.65. The lowest BCUT2D eigenvalue weighted by molar-refractivity contribution is -0.122. The van der Waals surface area contributed by atoms with Crippen molar-refractivity contribution in [3.63, 3.8) is 0 Å². The molecule has 114 valence electrons. The average molecular weight is 296 g/mol. The van der Waals surface area contributed by atoms with Crippen LogP contribution in [0, 0.1) is 0 Å². The lowest BCUT2D eigenvalue weighted by atomic mass is 9.90. The number of amides is 1. The summed E-state index contributed by atoms with van der Waals surface area (Å²) in [6.45, 7) is 2.65. The van der Waals surface area contributed by atoms with Gasteiger partial charge in [0.1, 0.15) is 5.75 Å². The summed E-state index contributed by atoms with van der Waals surface area (Å²) >= 11 is 0. The van der Waals surface area contributed by atoms with Crippen LogP contribution in [0.15, 0.2) is 48.8 Å². The monoisotopic (exact) mass is 296 g/mol. The van der Waals surface area contributed by atoms with Crippen LogP contribution >= 0.6 is 0 Å². The Balaban J connectivity index is 1.63. The van der Waals surface area contributed by atoms with Crippen LogP contribution in [-0.2, 0) is 4.79 Å². The molecule has 0 fully saturated rings. The van der Waals surface area contributed by atoms with E-state index in [4.69, 9.17) is 4.74 Å². The van der Waals surface area contributed by atoms with E-state index in [1.807, 2.05) is 37.3 Å². The average Bonchev–Trinajstić information content (AvgIpc) is 2.56. The smallest absolute Gasteiger partial charge is 0.221 e. The number of para-hydroxylation sites is 1. The van der Waals surface area contributed by atoms with Gasteiger partial charge in [0.2, 0.25) is 5.91 Å². The third kappa shape index (κ3) is 3.27. The van der Waals surface area contributed by atoms with Gasteiger partial charge in [-0.25, -0.2) is 0 Å². The number of carbonyl (C=O) groups is 1. The van der Waals surface area contributed by atoms with Crippen LogP contribution in [0.1, 0.15) is 42.9 Å². The molecule has 2 aromatic rings. The van der Waals surface area contributed by atoms with Crippen LogP contribution in [0.25, 0.3) is 0 Å². The van der Waals surface area contributed by atoms with Crippen molar-refractivity contribution in [2.75, 3.05) is 6.61 Å². The Morgan fingerprint density at radius 2 is 2.23 bits per heavy atom. The van der Waals surface area contributed by atoms with Crippen molar-refractivity contribution in [1.82, 2.24) is 10.3 Å². The molecule has 1 amide bonds. The fourth-order valence-corrected chi connectivity index (χ4v) is 2.87. The molecule has 2 heterocycles. The number of aromatic nitrogens is 1. The highest BCUT2D eigenvalue weighted by Crippen LogP contribution is 2.35. The summed E-state index contributed by atoms with van der Waals surface area (Å²) in [6.07, 6.45) is 4.89. The molecule has 0 bridgehead atoms. The third-order valence-corrected chi connectivity index (χ3v) is 4.08. The quantitative estimate of drug-likeness (QED) is 0.942. The summed E-state index contributed by atoms with van der Waals surface area (Å²) in [4.78, 5) is 16.4. The number of rotatable bonds is 4. The second kappa shape index (κ2) is 6.60. The minimum Gasteiger partial charge on any atom is -0.493 e. The van der Waals surface area contributed by atoms with Crippen LogP contribution in [0.2, 0.25) is 0 Å². The summed E-state index contributed by atoms with van der Waals surface area (Å²) in [5.41, 5.74) is 2.15. The SMILES string of the molecule is C[C@H](NC(=O)C[C@H]1CCOc2ccccc21)c1cccnc1. The highest BCUT2D eigenvalue weighted by Gasteiger charge is 2.24. The van der Waals surface area contributed by atoms with E-state index in [1.165, 1.54) is 0 Å². The summed E-state index contributed by atoms with van der Waals surface area (Å²) in [5.74, 6) is 1.20. The molecule has 3 rings (SSSR count). The highest BCUT2D eigenvalue weighted by atomic mass is 16.5. The molecular weight excluding hydrogens is 276 g/mol. The molecule has 1 aromatic carbocycles. The van der Waals surface area contributed by atoms with E-state index in [2.05, 4.69) is 16.4 Å². The predicted molar refractivity (Wildman–Crippen MR) is 84.7 cm³/mol. The molecule has 1 aliphatic rings. The summed E-state index contributed by atoms with van der Waals surface area (Å²) in [6, 6.07) is 11.8. The minimum absolute atomic E-state index is 0.0312. The molecule has 0 saturated heterocycles. The van der Waals surface area contributed by atoms with Gasteiger partial charge in [0.15, 0.2) is 0 Å². The van der Waals surface area contributed by atoms with Crippen molar-refractivity contribution in [2.45, 2.75) is 31.7 Å². The number of ether oxygens (including phenoxy) is 1. The molecule has 0 spiro atoms. The van der Waals surface area contributed by atoms with Crippen molar-refractivity contribution in [1.29, 1.82) is 0 Å². The number of pyridine rings is 1. The molecule has 0 unspecified atom stereocenters. The van der Waals surface area contributed by atoms with Gasteiger partial charge in [-0.3, -0.25) is 9.78 Å². The lowest BCUT2D eigenvalue weighted by Crippen LogP contribution is -2.29. The van der Waals surface area contributed by atoms with Crippen LogP contribution in [-0.4, -0.2) is 17.5 Å². The molecule has 0 aliphatic carbocycles. The van der Waals surface area contributed by atoms with Gasteiger partial charge < -0.3 is 10.1 Å². The maximum Gasteiger partial charge on any atom is 0.221 e. The first-order valence-corrected chi connectivity index (χ1v) is 7.65. The Hall–Kier alpha value is -2.36. The molecule has 4 nitrogen and oxygen atoms in total. The maximum absolute atomic E-state index is 12.3. The molecule has 0 saturated carbocycles. The van der Waals surface area contributed by atoms with E-state index >= 15 is 0 Å². The highest BCUT2D eigenvalue weighted by molar-refractivity contribution is 5.77. The number of nitrogens with zero attached hydrogens (tertiary/aromatic N) is 1. The zero-order valence-electron chi connectivity index (χ0n) is 12.7. The van der Waals surface area contributed by atoms with Gasteiger partial charge in [-0.1, -0.05) is 24.3 Å². The zero-order valence-corrected chi connectivity index (χ0v) is 12.7. The van der Waals surface area contributed by atoms with Crippen LogP contribution in [0.5, 0.6) is 5.75 Å². The first-order chi connectivity index (χ1) is 10.7. The molecule has 4 heteroatoms. The van der Waals surface area contributed by atoms with Crippen molar-refractivity contribution in [3.05, 3.63) is 59.9 Å². The van der Waals surface area contributed by atoms with Crippen LogP contribution < -0.4 is 10.1 Å². The summed E-state index contributed by atoms with van der Waals surface area (Å²) < 4.78 is 5.65. The Labute approximate surface area is 130 Å². The molecule has 22 heavy (non-hydrogen) atoms. The number of benzene rings is 1. The van der Waals surface area contributed by atoms with Crippen molar-refractivity contribution in [2.24, 2.45) is 0 Å². The van der Waals surface area contributed by atoms with Gasteiger partial charge in [-0.2, -0.15) is 0 Å². The maximum atomic E-state index is 12.3. The molecule has 1 aliphatic heterocycles. The van der Waals surface area contributed by atoms with E-state index in [-0.39, 0.29) is 17.9 Å².